The molecule has 0 aliphatic rings. The maximum absolute atomic E-state index is 10.8. The van der Waals surface area contributed by atoms with Crippen LogP contribution in [0.5, 0.6) is 11.5 Å². The van der Waals surface area contributed by atoms with Crippen LogP contribution in [-0.4, -0.2) is 16.6 Å². The Kier molecular flexibility index (Phi) is 5.78. The molecule has 0 aliphatic carbocycles. The molecule has 122 valence electrons. The van der Waals surface area contributed by atoms with Crippen molar-refractivity contribution >= 4 is 17.3 Å². The summed E-state index contributed by atoms with van der Waals surface area (Å²) in [5.41, 5.74) is 1.25. The average molecular weight is 338 g/mol. The molecule has 0 saturated heterocycles. The lowest BCUT2D eigenvalue weighted by molar-refractivity contribution is -0.384. The maximum Gasteiger partial charge on any atom is 0.269 e. The van der Waals surface area contributed by atoms with Gasteiger partial charge in [-0.25, -0.2) is 0 Å². The van der Waals surface area contributed by atoms with Gasteiger partial charge in [-0.15, -0.1) is 0 Å². The summed E-state index contributed by atoms with van der Waals surface area (Å²) in [5.74, 6) is 0.770. The summed E-state index contributed by atoms with van der Waals surface area (Å²) < 4.78 is 11.2. The zero-order chi connectivity index (χ0) is 16.8. The van der Waals surface area contributed by atoms with E-state index in [2.05, 4.69) is 0 Å². The Morgan fingerprint density at radius 2 is 2.00 bits per heavy atom. The summed E-state index contributed by atoms with van der Waals surface area (Å²) in [7, 11) is 0. The minimum atomic E-state index is -0.460. The largest absolute Gasteiger partial charge is 0.490 e. The van der Waals surface area contributed by atoms with Crippen molar-refractivity contribution in [3.05, 3.63) is 62.7 Å². The van der Waals surface area contributed by atoms with Gasteiger partial charge in [-0.3, -0.25) is 10.1 Å². The number of halogens is 1. The standard InChI is InChI=1S/C16H16ClNO5/c1-2-22-15-8-12(9-19)7-14(17)16(15)23-10-11-4-3-5-13(6-11)18(20)21/h3-8,19H,2,9-10H2,1H3. The van der Waals surface area contributed by atoms with Gasteiger partial charge >= 0.3 is 0 Å². The van der Waals surface area contributed by atoms with Crippen LogP contribution in [0, 0.1) is 10.1 Å². The van der Waals surface area contributed by atoms with E-state index in [1.165, 1.54) is 12.1 Å². The number of aliphatic hydroxyl groups excluding tert-OH is 1. The number of non-ortho nitro benzene ring substituents is 1. The quantitative estimate of drug-likeness (QED) is 0.615. The molecule has 0 aliphatic heterocycles. The predicted octanol–water partition coefficient (Wildman–Crippen LogP) is 3.72. The van der Waals surface area contributed by atoms with E-state index in [9.17, 15) is 15.2 Å². The maximum atomic E-state index is 10.8. The Hall–Kier alpha value is -2.31. The fourth-order valence-corrected chi connectivity index (χ4v) is 2.32. The van der Waals surface area contributed by atoms with Gasteiger partial charge in [0.1, 0.15) is 6.61 Å². The van der Waals surface area contributed by atoms with E-state index in [1.54, 1.807) is 24.3 Å². The monoisotopic (exact) mass is 337 g/mol. The lowest BCUT2D eigenvalue weighted by Crippen LogP contribution is -2.02. The Morgan fingerprint density at radius 3 is 2.65 bits per heavy atom. The van der Waals surface area contributed by atoms with E-state index in [0.29, 0.717) is 34.3 Å². The predicted molar refractivity (Wildman–Crippen MR) is 86.0 cm³/mol. The summed E-state index contributed by atoms with van der Waals surface area (Å²) in [6.07, 6.45) is 0. The number of aliphatic hydroxyl groups is 1. The number of hydrogen-bond acceptors (Lipinski definition) is 5. The smallest absolute Gasteiger partial charge is 0.269 e. The second-order valence-electron chi connectivity index (χ2n) is 4.71. The first-order chi connectivity index (χ1) is 11.0. The van der Waals surface area contributed by atoms with Crippen molar-refractivity contribution in [2.45, 2.75) is 20.1 Å². The van der Waals surface area contributed by atoms with Gasteiger partial charge in [-0.1, -0.05) is 23.7 Å². The van der Waals surface area contributed by atoms with Crippen LogP contribution in [0.4, 0.5) is 5.69 Å². The molecule has 0 aromatic heterocycles. The van der Waals surface area contributed by atoms with Crippen LogP contribution in [0.2, 0.25) is 5.02 Å². The van der Waals surface area contributed by atoms with Gasteiger partial charge in [0, 0.05) is 12.1 Å². The first-order valence-corrected chi connectivity index (χ1v) is 7.35. The Morgan fingerprint density at radius 1 is 1.22 bits per heavy atom. The van der Waals surface area contributed by atoms with Crippen LogP contribution in [0.1, 0.15) is 18.1 Å². The Bertz CT molecular complexity index is 705. The fraction of sp³-hybridized carbons (Fsp3) is 0.250. The number of hydrogen-bond donors (Lipinski definition) is 1. The molecule has 23 heavy (non-hydrogen) atoms. The number of ether oxygens (including phenoxy) is 2. The van der Waals surface area contributed by atoms with Gasteiger partial charge in [0.2, 0.25) is 0 Å². The molecule has 0 unspecified atom stereocenters. The normalized spacial score (nSPS) is 10.4. The van der Waals surface area contributed by atoms with Gasteiger partial charge < -0.3 is 14.6 Å². The molecule has 2 rings (SSSR count). The van der Waals surface area contributed by atoms with Gasteiger partial charge in [0.25, 0.3) is 5.69 Å². The molecule has 0 bridgehead atoms. The van der Waals surface area contributed by atoms with E-state index in [1.807, 2.05) is 6.92 Å². The van der Waals surface area contributed by atoms with Crippen LogP contribution < -0.4 is 9.47 Å². The molecule has 0 fully saturated rings. The van der Waals surface area contributed by atoms with Gasteiger partial charge in [-0.2, -0.15) is 0 Å². The van der Waals surface area contributed by atoms with Crippen LogP contribution >= 0.6 is 11.6 Å². The van der Waals surface area contributed by atoms with Crippen molar-refractivity contribution in [2.24, 2.45) is 0 Å². The average Bonchev–Trinajstić information content (AvgIpc) is 2.54. The van der Waals surface area contributed by atoms with Gasteiger partial charge in [0.05, 0.1) is 23.2 Å². The van der Waals surface area contributed by atoms with Crippen molar-refractivity contribution in [3.63, 3.8) is 0 Å². The van der Waals surface area contributed by atoms with Crippen molar-refractivity contribution in [3.8, 4) is 11.5 Å². The van der Waals surface area contributed by atoms with E-state index >= 15 is 0 Å². The van der Waals surface area contributed by atoms with E-state index < -0.39 is 4.92 Å². The number of benzene rings is 2. The molecule has 6 nitrogen and oxygen atoms in total. The third-order valence-electron chi connectivity index (χ3n) is 3.06. The molecule has 0 atom stereocenters. The number of nitro groups is 1. The zero-order valence-corrected chi connectivity index (χ0v) is 13.2. The summed E-state index contributed by atoms with van der Waals surface area (Å²) in [6.45, 7) is 2.19. The molecular formula is C16H16ClNO5. The topological polar surface area (TPSA) is 81.8 Å². The lowest BCUT2D eigenvalue weighted by Gasteiger charge is -2.14. The Balaban J connectivity index is 2.22. The highest BCUT2D eigenvalue weighted by atomic mass is 35.5. The van der Waals surface area contributed by atoms with Gasteiger partial charge in [0.15, 0.2) is 11.5 Å². The molecule has 0 heterocycles. The third-order valence-corrected chi connectivity index (χ3v) is 3.34. The molecular weight excluding hydrogens is 322 g/mol. The summed E-state index contributed by atoms with van der Waals surface area (Å²) >= 11 is 6.17. The molecule has 2 aromatic carbocycles. The van der Waals surface area contributed by atoms with Crippen LogP contribution in [0.15, 0.2) is 36.4 Å². The second-order valence-corrected chi connectivity index (χ2v) is 5.12. The van der Waals surface area contributed by atoms with E-state index in [0.717, 1.165) is 0 Å². The molecule has 1 N–H and O–H groups in total. The lowest BCUT2D eigenvalue weighted by atomic mass is 10.2. The molecule has 0 radical (unpaired) electrons. The van der Waals surface area contributed by atoms with Crippen LogP contribution in [-0.2, 0) is 13.2 Å². The second kappa shape index (κ2) is 7.80. The van der Waals surface area contributed by atoms with Crippen molar-refractivity contribution in [2.75, 3.05) is 6.61 Å². The molecule has 0 saturated carbocycles. The molecule has 0 spiro atoms. The summed E-state index contributed by atoms with van der Waals surface area (Å²) in [5, 5.41) is 20.3. The highest BCUT2D eigenvalue weighted by molar-refractivity contribution is 6.32. The van der Waals surface area contributed by atoms with Crippen LogP contribution in [0.3, 0.4) is 0 Å². The van der Waals surface area contributed by atoms with E-state index in [-0.39, 0.29) is 18.9 Å². The number of rotatable bonds is 7. The molecule has 0 amide bonds. The summed E-state index contributed by atoms with van der Waals surface area (Å²) in [6, 6.07) is 9.42. The minimum absolute atomic E-state index is 0.00198. The van der Waals surface area contributed by atoms with Crippen molar-refractivity contribution in [1.82, 2.24) is 0 Å². The zero-order valence-electron chi connectivity index (χ0n) is 12.5. The molecule has 7 heteroatoms. The highest BCUT2D eigenvalue weighted by Crippen LogP contribution is 2.37. The minimum Gasteiger partial charge on any atom is -0.490 e. The first kappa shape index (κ1) is 17.1. The third kappa shape index (κ3) is 4.34. The summed E-state index contributed by atoms with van der Waals surface area (Å²) in [4.78, 5) is 10.3. The number of nitro benzene ring substituents is 1. The first-order valence-electron chi connectivity index (χ1n) is 6.97. The highest BCUT2D eigenvalue weighted by Gasteiger charge is 2.13. The number of nitrogens with zero attached hydrogens (tertiary/aromatic N) is 1. The SMILES string of the molecule is CCOc1cc(CO)cc(Cl)c1OCc1cccc([N+](=O)[O-])c1. The van der Waals surface area contributed by atoms with Crippen molar-refractivity contribution < 1.29 is 19.5 Å². The van der Waals surface area contributed by atoms with Crippen molar-refractivity contribution in [1.29, 1.82) is 0 Å². The van der Waals surface area contributed by atoms with Crippen LogP contribution in [0.25, 0.3) is 0 Å². The fourth-order valence-electron chi connectivity index (χ4n) is 2.03. The van der Waals surface area contributed by atoms with E-state index in [4.69, 9.17) is 21.1 Å². The van der Waals surface area contributed by atoms with Gasteiger partial charge in [-0.05, 0) is 30.2 Å². The molecule has 2 aromatic rings. The Labute approximate surface area is 138 Å².